The molecule has 0 saturated heterocycles. The summed E-state index contributed by atoms with van der Waals surface area (Å²) in [6, 6.07) is 3.42. The second kappa shape index (κ2) is 11.0. The fraction of sp³-hybridized carbons (Fsp3) is 0.588. The molecular formula is C17H29ClN2O3. The lowest BCUT2D eigenvalue weighted by Crippen LogP contribution is -2.26. The SMILES string of the molecule is CCCCOc1c(N)ccc(C(=O)OCC)c1N(CC)CC.Cl. The van der Waals surface area contributed by atoms with Crippen LogP contribution in [0.3, 0.4) is 0 Å². The molecule has 0 unspecified atom stereocenters. The lowest BCUT2D eigenvalue weighted by atomic mass is 10.1. The average molecular weight is 345 g/mol. The minimum Gasteiger partial charge on any atom is -0.489 e. The van der Waals surface area contributed by atoms with Crippen LogP contribution in [0.5, 0.6) is 5.75 Å². The number of nitrogen functional groups attached to an aromatic ring is 1. The number of benzene rings is 1. The number of carbonyl (C=O) groups excluding carboxylic acids is 1. The van der Waals surface area contributed by atoms with Crippen molar-refractivity contribution in [3.05, 3.63) is 17.7 Å². The standard InChI is InChI=1S/C17H28N2O3.ClH/c1-5-9-12-22-16-14(18)11-10-13(17(20)21-8-4)15(16)19(6-2)7-3;/h10-11H,5-9,12,18H2,1-4H3;1H. The zero-order valence-corrected chi connectivity index (χ0v) is 15.4. The van der Waals surface area contributed by atoms with Gasteiger partial charge in [0.25, 0.3) is 0 Å². The van der Waals surface area contributed by atoms with Crippen molar-refractivity contribution in [1.82, 2.24) is 0 Å². The predicted molar refractivity (Wildman–Crippen MR) is 98.0 cm³/mol. The summed E-state index contributed by atoms with van der Waals surface area (Å²) >= 11 is 0. The highest BCUT2D eigenvalue weighted by Gasteiger charge is 2.23. The molecule has 0 aliphatic rings. The van der Waals surface area contributed by atoms with E-state index in [-0.39, 0.29) is 18.4 Å². The maximum Gasteiger partial charge on any atom is 0.340 e. The van der Waals surface area contributed by atoms with E-state index in [1.54, 1.807) is 19.1 Å². The van der Waals surface area contributed by atoms with Crippen molar-refractivity contribution in [2.75, 3.05) is 36.9 Å². The van der Waals surface area contributed by atoms with E-state index in [9.17, 15) is 4.79 Å². The smallest absolute Gasteiger partial charge is 0.340 e. The summed E-state index contributed by atoms with van der Waals surface area (Å²) < 4.78 is 11.1. The number of halogens is 1. The van der Waals surface area contributed by atoms with Crippen molar-refractivity contribution in [3.63, 3.8) is 0 Å². The van der Waals surface area contributed by atoms with Gasteiger partial charge in [0.1, 0.15) is 0 Å². The predicted octanol–water partition coefficient (Wildman–Crippen LogP) is 3.89. The molecule has 1 aromatic rings. The van der Waals surface area contributed by atoms with E-state index < -0.39 is 0 Å². The van der Waals surface area contributed by atoms with Crippen molar-refractivity contribution < 1.29 is 14.3 Å². The van der Waals surface area contributed by atoms with Crippen molar-refractivity contribution in [1.29, 1.82) is 0 Å². The van der Waals surface area contributed by atoms with Crippen molar-refractivity contribution >= 4 is 29.8 Å². The van der Waals surface area contributed by atoms with Gasteiger partial charge in [0.05, 0.1) is 30.2 Å². The molecule has 0 aliphatic heterocycles. The molecule has 6 heteroatoms. The summed E-state index contributed by atoms with van der Waals surface area (Å²) in [5, 5.41) is 0. The molecule has 0 heterocycles. The van der Waals surface area contributed by atoms with Gasteiger partial charge in [0.15, 0.2) is 5.75 Å². The third-order valence-corrected chi connectivity index (χ3v) is 3.48. The van der Waals surface area contributed by atoms with E-state index in [0.29, 0.717) is 30.2 Å². The van der Waals surface area contributed by atoms with Crippen molar-refractivity contribution in [2.24, 2.45) is 0 Å². The summed E-state index contributed by atoms with van der Waals surface area (Å²) in [5.41, 5.74) is 7.88. The summed E-state index contributed by atoms with van der Waals surface area (Å²) in [6.45, 7) is 10.4. The minimum atomic E-state index is -0.343. The van der Waals surface area contributed by atoms with Gasteiger partial charge in [-0.2, -0.15) is 0 Å². The van der Waals surface area contributed by atoms with Crippen LogP contribution in [-0.4, -0.2) is 32.3 Å². The zero-order chi connectivity index (χ0) is 16.5. The number of nitrogens with two attached hydrogens (primary N) is 1. The van der Waals surface area contributed by atoms with Gasteiger partial charge >= 0.3 is 5.97 Å². The third kappa shape index (κ3) is 5.50. The van der Waals surface area contributed by atoms with Gasteiger partial charge in [-0.15, -0.1) is 12.4 Å². The molecule has 0 aromatic heterocycles. The Hall–Kier alpha value is -1.62. The Morgan fingerprint density at radius 1 is 1.17 bits per heavy atom. The number of anilines is 2. The molecule has 0 aliphatic carbocycles. The lowest BCUT2D eigenvalue weighted by Gasteiger charge is -2.27. The number of rotatable bonds is 9. The third-order valence-electron chi connectivity index (χ3n) is 3.48. The van der Waals surface area contributed by atoms with Gasteiger partial charge in [-0.1, -0.05) is 13.3 Å². The highest BCUT2D eigenvalue weighted by atomic mass is 35.5. The van der Waals surface area contributed by atoms with Crippen LogP contribution in [0.25, 0.3) is 0 Å². The van der Waals surface area contributed by atoms with Crippen molar-refractivity contribution in [2.45, 2.75) is 40.5 Å². The van der Waals surface area contributed by atoms with Gasteiger partial charge in [0, 0.05) is 13.1 Å². The monoisotopic (exact) mass is 344 g/mol. The van der Waals surface area contributed by atoms with Gasteiger partial charge in [-0.3, -0.25) is 0 Å². The Labute approximate surface area is 145 Å². The second-order valence-corrected chi connectivity index (χ2v) is 4.97. The Kier molecular flexibility index (Phi) is 10.2. The number of hydrogen-bond acceptors (Lipinski definition) is 5. The maximum atomic E-state index is 12.3. The number of hydrogen-bond donors (Lipinski definition) is 1. The first-order valence-electron chi connectivity index (χ1n) is 8.07. The van der Waals surface area contributed by atoms with Crippen LogP contribution in [0.2, 0.25) is 0 Å². The first-order chi connectivity index (χ1) is 10.6. The maximum absolute atomic E-state index is 12.3. The number of esters is 1. The van der Waals surface area contributed by atoms with Gasteiger partial charge < -0.3 is 20.1 Å². The Balaban J connectivity index is 0.00000484. The molecule has 0 radical (unpaired) electrons. The molecule has 0 atom stereocenters. The molecule has 23 heavy (non-hydrogen) atoms. The number of nitrogens with zero attached hydrogens (tertiary/aromatic N) is 1. The zero-order valence-electron chi connectivity index (χ0n) is 14.6. The molecule has 1 rings (SSSR count). The van der Waals surface area contributed by atoms with Crippen LogP contribution in [0, 0.1) is 0 Å². The van der Waals surface area contributed by atoms with Crippen LogP contribution in [0.15, 0.2) is 12.1 Å². The fourth-order valence-corrected chi connectivity index (χ4v) is 2.28. The van der Waals surface area contributed by atoms with E-state index in [1.165, 1.54) is 0 Å². The molecule has 0 amide bonds. The van der Waals surface area contributed by atoms with Crippen LogP contribution < -0.4 is 15.4 Å². The first kappa shape index (κ1) is 21.4. The van der Waals surface area contributed by atoms with Crippen LogP contribution >= 0.6 is 12.4 Å². The Bertz CT molecular complexity index is 491. The minimum absolute atomic E-state index is 0. The quantitative estimate of drug-likeness (QED) is 0.418. The highest BCUT2D eigenvalue weighted by Crippen LogP contribution is 2.38. The van der Waals surface area contributed by atoms with E-state index in [1.807, 2.05) is 13.8 Å². The first-order valence-corrected chi connectivity index (χ1v) is 8.07. The molecule has 0 saturated carbocycles. The second-order valence-electron chi connectivity index (χ2n) is 4.97. The fourth-order valence-electron chi connectivity index (χ4n) is 2.28. The molecule has 132 valence electrons. The van der Waals surface area contributed by atoms with E-state index >= 15 is 0 Å². The van der Waals surface area contributed by atoms with E-state index in [4.69, 9.17) is 15.2 Å². The normalized spacial score (nSPS) is 9.91. The molecule has 1 aromatic carbocycles. The molecule has 0 bridgehead atoms. The summed E-state index contributed by atoms with van der Waals surface area (Å²) in [4.78, 5) is 14.3. The van der Waals surface area contributed by atoms with Crippen LogP contribution in [-0.2, 0) is 4.74 Å². The molecule has 0 spiro atoms. The summed E-state index contributed by atoms with van der Waals surface area (Å²) in [6.07, 6.45) is 1.98. The van der Waals surface area contributed by atoms with Crippen LogP contribution in [0.1, 0.15) is 50.9 Å². The Morgan fingerprint density at radius 3 is 2.35 bits per heavy atom. The van der Waals surface area contributed by atoms with Gasteiger partial charge in [-0.05, 0) is 39.3 Å². The number of ether oxygens (including phenoxy) is 2. The van der Waals surface area contributed by atoms with Gasteiger partial charge in [0.2, 0.25) is 0 Å². The lowest BCUT2D eigenvalue weighted by molar-refractivity contribution is 0.0526. The largest absolute Gasteiger partial charge is 0.489 e. The summed E-state index contributed by atoms with van der Waals surface area (Å²) in [5.74, 6) is 0.243. The molecular weight excluding hydrogens is 316 g/mol. The van der Waals surface area contributed by atoms with E-state index in [2.05, 4.69) is 11.8 Å². The highest BCUT2D eigenvalue weighted by molar-refractivity contribution is 5.99. The van der Waals surface area contributed by atoms with Gasteiger partial charge in [-0.25, -0.2) is 4.79 Å². The van der Waals surface area contributed by atoms with Crippen LogP contribution in [0.4, 0.5) is 11.4 Å². The number of unbranched alkanes of at least 4 members (excludes halogenated alkanes) is 1. The summed E-state index contributed by atoms with van der Waals surface area (Å²) in [7, 11) is 0. The van der Waals surface area contributed by atoms with Crippen molar-refractivity contribution in [3.8, 4) is 5.75 Å². The Morgan fingerprint density at radius 2 is 1.83 bits per heavy atom. The molecule has 0 fully saturated rings. The number of carbonyl (C=O) groups is 1. The van der Waals surface area contributed by atoms with E-state index in [0.717, 1.165) is 31.6 Å². The average Bonchev–Trinajstić information content (AvgIpc) is 2.51. The topological polar surface area (TPSA) is 64.8 Å². The molecule has 2 N–H and O–H groups in total. The molecule has 5 nitrogen and oxygen atoms in total.